The van der Waals surface area contributed by atoms with Crippen molar-refractivity contribution in [3.8, 4) is 62.3 Å². The second-order valence-electron chi connectivity index (χ2n) is 18.1. The van der Waals surface area contributed by atoms with Gasteiger partial charge in [0, 0.05) is 27.1 Å². The summed E-state index contributed by atoms with van der Waals surface area (Å²) in [4.78, 5) is 1.38. The Morgan fingerprint density at radius 3 is 1.90 bits per heavy atom. The van der Waals surface area contributed by atoms with E-state index in [0.717, 1.165) is 45.9 Å². The molecule has 8 aromatic rings. The third kappa shape index (κ3) is 5.54. The van der Waals surface area contributed by atoms with E-state index in [1.165, 1.54) is 38.3 Å². The summed E-state index contributed by atoms with van der Waals surface area (Å²) in [7, 11) is 0. The highest BCUT2D eigenvalue weighted by atomic mass is 32.1. The summed E-state index contributed by atoms with van der Waals surface area (Å²) in [6.45, 7) is 12.8. The van der Waals surface area contributed by atoms with Crippen molar-refractivity contribution < 1.29 is 8.78 Å². The highest BCUT2D eigenvalue weighted by Gasteiger charge is 2.33. The number of hydrogen-bond acceptors (Lipinski definition) is 3. The quantitative estimate of drug-likeness (QED) is 0.179. The molecule has 0 N–H and O–H groups in total. The van der Waals surface area contributed by atoms with Crippen LogP contribution in [0.1, 0.15) is 92.1 Å². The van der Waals surface area contributed by atoms with Crippen LogP contribution in [0.2, 0.25) is 0 Å². The second kappa shape index (κ2) is 13.1. The smallest absolute Gasteiger partial charge is 0.167 e. The summed E-state index contributed by atoms with van der Waals surface area (Å²) in [6.07, 6.45) is 2.01. The number of rotatable bonds is 3. The van der Waals surface area contributed by atoms with Gasteiger partial charge in [0.15, 0.2) is 11.6 Å². The summed E-state index contributed by atoms with van der Waals surface area (Å²) < 4.78 is 36.4. The molecule has 1 atom stereocenters. The molecule has 0 spiro atoms. The zero-order valence-corrected chi connectivity index (χ0v) is 34.7. The van der Waals surface area contributed by atoms with Crippen LogP contribution in [0.4, 0.5) is 8.78 Å². The Hall–Kier alpha value is -6.34. The molecular formula is C53H41F2N3S. The second-order valence-corrected chi connectivity index (χ2v) is 19.1. The molecule has 2 aliphatic rings. The lowest BCUT2D eigenvalue weighted by Gasteiger charge is -2.22. The number of nitriles is 2. The Morgan fingerprint density at radius 1 is 0.627 bits per heavy atom. The first-order chi connectivity index (χ1) is 28.3. The molecule has 2 aromatic heterocycles. The summed E-state index contributed by atoms with van der Waals surface area (Å²) in [6, 6.07) is 38.7. The van der Waals surface area contributed by atoms with Gasteiger partial charge >= 0.3 is 0 Å². The van der Waals surface area contributed by atoms with Gasteiger partial charge in [-0.05, 0) is 139 Å². The van der Waals surface area contributed by atoms with Crippen LogP contribution in [0.15, 0.2) is 109 Å². The molecule has 6 heteroatoms. The zero-order valence-electron chi connectivity index (χ0n) is 33.9. The van der Waals surface area contributed by atoms with E-state index in [1.807, 2.05) is 65.9 Å². The average molecular weight is 790 g/mol. The molecule has 2 bridgehead atoms. The number of thiophene rings is 1. The first-order valence-electron chi connectivity index (χ1n) is 20.2. The molecule has 1 unspecified atom stereocenters. The molecule has 10 rings (SSSR count). The van der Waals surface area contributed by atoms with Crippen molar-refractivity contribution in [3.05, 3.63) is 158 Å². The van der Waals surface area contributed by atoms with E-state index in [9.17, 15) is 10.5 Å². The summed E-state index contributed by atoms with van der Waals surface area (Å²) in [5.41, 5.74) is 11.3. The molecule has 0 saturated carbocycles. The predicted molar refractivity (Wildman–Crippen MR) is 237 cm³/mol. The van der Waals surface area contributed by atoms with Crippen LogP contribution in [0, 0.1) is 34.3 Å². The zero-order chi connectivity index (χ0) is 41.1. The van der Waals surface area contributed by atoms with Gasteiger partial charge in [0.1, 0.15) is 29.0 Å². The monoisotopic (exact) mass is 789 g/mol. The van der Waals surface area contributed by atoms with Gasteiger partial charge in [0.05, 0.1) is 11.0 Å². The molecular weight excluding hydrogens is 749 g/mol. The van der Waals surface area contributed by atoms with Crippen LogP contribution in [0.3, 0.4) is 0 Å². The Balaban J connectivity index is 1.19. The van der Waals surface area contributed by atoms with Gasteiger partial charge in [-0.25, -0.2) is 8.78 Å². The van der Waals surface area contributed by atoms with Crippen molar-refractivity contribution in [2.75, 3.05) is 0 Å². The molecule has 3 nitrogen and oxygen atoms in total. The SMILES string of the molecule is CC(C)(C)c1ccc2c(c1)c1cc(C(C)(C)C)ccc1n2-c1c(F)c(C#N)c(-c2cccc(-c3cc4c5c(c3)-c3ccsc3C(CC5)c3ccccc3-4)c2)c(F)c1C#N. The van der Waals surface area contributed by atoms with E-state index in [-0.39, 0.29) is 22.1 Å². The first-order valence-corrected chi connectivity index (χ1v) is 21.1. The minimum Gasteiger partial charge on any atom is -0.305 e. The maximum atomic E-state index is 17.4. The molecule has 0 radical (unpaired) electrons. The van der Waals surface area contributed by atoms with Crippen molar-refractivity contribution in [2.45, 2.75) is 71.1 Å². The molecule has 0 saturated heterocycles. The fourth-order valence-electron chi connectivity index (χ4n) is 9.58. The van der Waals surface area contributed by atoms with Crippen molar-refractivity contribution in [2.24, 2.45) is 0 Å². The number of hydrogen-bond donors (Lipinski definition) is 0. The standard InChI is InChI=1S/C53H41F2N3S/c1-52(2,3)32-14-18-45-41(25-32)42-26-33(53(4,5)6)15-19-46(42)58(45)50-44(28-57)48(54)47(43(27-56)49(50)55)30-11-9-10-29(22-30)31-23-39-35-13-8-7-12-34(35)37-17-16-36(39)40(24-31)38-20-21-59-51(37)38/h7-15,18-26,37H,16-17H2,1-6H3. The third-order valence-electron chi connectivity index (χ3n) is 12.6. The van der Waals surface area contributed by atoms with Gasteiger partial charge < -0.3 is 4.57 Å². The van der Waals surface area contributed by atoms with Crippen LogP contribution in [-0.4, -0.2) is 4.57 Å². The number of aromatic nitrogens is 1. The fourth-order valence-corrected chi connectivity index (χ4v) is 10.6. The topological polar surface area (TPSA) is 52.5 Å². The van der Waals surface area contributed by atoms with Crippen molar-refractivity contribution in [1.82, 2.24) is 4.57 Å². The van der Waals surface area contributed by atoms with Gasteiger partial charge in [-0.1, -0.05) is 96.1 Å². The van der Waals surface area contributed by atoms with Crippen LogP contribution in [0.5, 0.6) is 0 Å². The molecule has 0 amide bonds. The van der Waals surface area contributed by atoms with E-state index in [1.54, 1.807) is 10.6 Å². The summed E-state index contributed by atoms with van der Waals surface area (Å²) >= 11 is 1.81. The number of fused-ring (bicyclic) bond motifs is 11. The van der Waals surface area contributed by atoms with Crippen LogP contribution in [-0.2, 0) is 17.3 Å². The van der Waals surface area contributed by atoms with E-state index in [4.69, 9.17) is 0 Å². The summed E-state index contributed by atoms with van der Waals surface area (Å²) in [5.74, 6) is -1.53. The minimum absolute atomic E-state index is 0.167. The Labute approximate surface area is 347 Å². The predicted octanol–water partition coefficient (Wildman–Crippen LogP) is 14.5. The highest BCUT2D eigenvalue weighted by Crippen LogP contribution is 2.53. The van der Waals surface area contributed by atoms with Gasteiger partial charge in [-0.2, -0.15) is 10.5 Å². The van der Waals surface area contributed by atoms with Gasteiger partial charge in [-0.3, -0.25) is 0 Å². The number of halogens is 2. The van der Waals surface area contributed by atoms with Crippen LogP contribution >= 0.6 is 11.3 Å². The van der Waals surface area contributed by atoms with Gasteiger partial charge in [0.25, 0.3) is 0 Å². The number of benzene rings is 6. The molecule has 288 valence electrons. The molecule has 59 heavy (non-hydrogen) atoms. The van der Waals surface area contributed by atoms with E-state index in [2.05, 4.69) is 102 Å². The minimum atomic E-state index is -0.935. The maximum Gasteiger partial charge on any atom is 0.167 e. The molecule has 0 aliphatic heterocycles. The Kier molecular flexibility index (Phi) is 8.20. The molecule has 6 aromatic carbocycles. The van der Waals surface area contributed by atoms with E-state index < -0.39 is 22.8 Å². The molecule has 2 aliphatic carbocycles. The Morgan fingerprint density at radius 2 is 1.25 bits per heavy atom. The van der Waals surface area contributed by atoms with Crippen molar-refractivity contribution in [3.63, 3.8) is 0 Å². The summed E-state index contributed by atoms with van der Waals surface area (Å²) in [5, 5.41) is 25.3. The van der Waals surface area contributed by atoms with E-state index >= 15 is 8.78 Å². The lowest BCUT2D eigenvalue weighted by Crippen LogP contribution is -2.11. The normalized spacial score (nSPS) is 14.4. The lowest BCUT2D eigenvalue weighted by molar-refractivity contribution is 0.590. The van der Waals surface area contributed by atoms with E-state index in [0.29, 0.717) is 22.5 Å². The van der Waals surface area contributed by atoms with Crippen molar-refractivity contribution in [1.29, 1.82) is 10.5 Å². The van der Waals surface area contributed by atoms with Crippen LogP contribution in [0.25, 0.3) is 72.0 Å². The average Bonchev–Trinajstić information content (AvgIpc) is 3.74. The van der Waals surface area contributed by atoms with Crippen molar-refractivity contribution >= 4 is 33.1 Å². The fraction of sp³-hybridized carbons (Fsp3) is 0.208. The largest absolute Gasteiger partial charge is 0.305 e. The first kappa shape index (κ1) is 37.0. The van der Waals surface area contributed by atoms with Gasteiger partial charge in [-0.15, -0.1) is 11.3 Å². The maximum absolute atomic E-state index is 17.4. The molecule has 2 heterocycles. The van der Waals surface area contributed by atoms with Crippen LogP contribution < -0.4 is 0 Å². The third-order valence-corrected chi connectivity index (χ3v) is 13.7. The lowest BCUT2D eigenvalue weighted by atomic mass is 9.83. The number of nitrogens with zero attached hydrogens (tertiary/aromatic N) is 3. The van der Waals surface area contributed by atoms with Gasteiger partial charge in [0.2, 0.25) is 0 Å². The molecule has 0 fully saturated rings. The highest BCUT2D eigenvalue weighted by molar-refractivity contribution is 7.10. The Bertz CT molecular complexity index is 3120.